The summed E-state index contributed by atoms with van der Waals surface area (Å²) < 4.78 is 13.2. The van der Waals surface area contributed by atoms with Crippen LogP contribution in [0.25, 0.3) is 0 Å². The van der Waals surface area contributed by atoms with Gasteiger partial charge in [-0.25, -0.2) is 9.37 Å². The number of halogens is 1. The lowest BCUT2D eigenvalue weighted by molar-refractivity contribution is 0.230. The Balaban J connectivity index is 1.82. The summed E-state index contributed by atoms with van der Waals surface area (Å²) in [6, 6.07) is 2.14. The molecule has 0 saturated carbocycles. The summed E-state index contributed by atoms with van der Waals surface area (Å²) in [5.74, 6) is 0.559. The Morgan fingerprint density at radius 1 is 1.39 bits per heavy atom. The molecular formula is C13H19FN4. The number of pyridine rings is 1. The van der Waals surface area contributed by atoms with Gasteiger partial charge in [-0.1, -0.05) is 0 Å². The van der Waals surface area contributed by atoms with Gasteiger partial charge in [-0.2, -0.15) is 0 Å². The third-order valence-electron chi connectivity index (χ3n) is 4.02. The summed E-state index contributed by atoms with van der Waals surface area (Å²) in [7, 11) is 0. The van der Waals surface area contributed by atoms with Crippen molar-refractivity contribution in [3.8, 4) is 0 Å². The van der Waals surface area contributed by atoms with E-state index in [9.17, 15) is 4.39 Å². The van der Waals surface area contributed by atoms with Crippen LogP contribution in [0, 0.1) is 5.82 Å². The van der Waals surface area contributed by atoms with Crippen LogP contribution in [0.2, 0.25) is 0 Å². The average molecular weight is 250 g/mol. The van der Waals surface area contributed by atoms with Crippen LogP contribution in [0.15, 0.2) is 12.3 Å². The van der Waals surface area contributed by atoms with Crippen molar-refractivity contribution in [1.29, 1.82) is 0 Å². The van der Waals surface area contributed by atoms with Gasteiger partial charge < -0.3 is 10.6 Å². The predicted molar refractivity (Wildman–Crippen MR) is 68.9 cm³/mol. The van der Waals surface area contributed by atoms with Crippen molar-refractivity contribution >= 4 is 5.82 Å². The number of piperazine rings is 1. The van der Waals surface area contributed by atoms with E-state index in [1.54, 1.807) is 0 Å². The van der Waals surface area contributed by atoms with E-state index in [0.717, 1.165) is 31.0 Å². The Bertz CT molecular complexity index is 437. The first-order chi connectivity index (χ1) is 8.78. The van der Waals surface area contributed by atoms with E-state index in [4.69, 9.17) is 5.73 Å². The van der Waals surface area contributed by atoms with Crippen molar-refractivity contribution in [3.63, 3.8) is 0 Å². The zero-order valence-corrected chi connectivity index (χ0v) is 10.5. The first-order valence-electron chi connectivity index (χ1n) is 6.61. The standard InChI is InChI=1S/C13H19FN4/c14-11-6-10(7-15)13(16-8-11)18-5-4-17-3-1-2-12(17)9-18/h6,8,12H,1-5,7,9,15H2. The van der Waals surface area contributed by atoms with Gasteiger partial charge in [0.05, 0.1) is 6.20 Å². The fraction of sp³-hybridized carbons (Fsp3) is 0.615. The van der Waals surface area contributed by atoms with E-state index in [1.807, 2.05) is 0 Å². The largest absolute Gasteiger partial charge is 0.353 e. The quantitative estimate of drug-likeness (QED) is 0.849. The van der Waals surface area contributed by atoms with Crippen LogP contribution in [0.5, 0.6) is 0 Å². The molecule has 98 valence electrons. The third kappa shape index (κ3) is 2.08. The molecule has 2 fully saturated rings. The van der Waals surface area contributed by atoms with Gasteiger partial charge in [0.15, 0.2) is 0 Å². The second-order valence-corrected chi connectivity index (χ2v) is 5.12. The molecule has 3 heterocycles. The second-order valence-electron chi connectivity index (χ2n) is 5.12. The van der Waals surface area contributed by atoms with E-state index in [0.29, 0.717) is 12.6 Å². The van der Waals surface area contributed by atoms with Gasteiger partial charge in [-0.3, -0.25) is 4.90 Å². The Hall–Kier alpha value is -1.20. The number of hydrogen-bond donors (Lipinski definition) is 1. The number of aromatic nitrogens is 1. The van der Waals surface area contributed by atoms with E-state index in [-0.39, 0.29) is 5.82 Å². The molecule has 0 bridgehead atoms. The highest BCUT2D eigenvalue weighted by Crippen LogP contribution is 2.26. The first-order valence-corrected chi connectivity index (χ1v) is 6.61. The maximum Gasteiger partial charge on any atom is 0.141 e. The molecule has 3 rings (SSSR count). The molecule has 1 aromatic rings. The minimum atomic E-state index is -0.307. The molecule has 5 heteroatoms. The maximum atomic E-state index is 13.2. The highest BCUT2D eigenvalue weighted by molar-refractivity contribution is 5.47. The van der Waals surface area contributed by atoms with Gasteiger partial charge in [-0.15, -0.1) is 0 Å². The Kier molecular flexibility index (Phi) is 3.18. The van der Waals surface area contributed by atoms with Crippen molar-refractivity contribution < 1.29 is 4.39 Å². The first kappa shape index (κ1) is 11.9. The van der Waals surface area contributed by atoms with E-state index < -0.39 is 0 Å². The van der Waals surface area contributed by atoms with E-state index >= 15 is 0 Å². The van der Waals surface area contributed by atoms with Crippen LogP contribution in [0.3, 0.4) is 0 Å². The smallest absolute Gasteiger partial charge is 0.141 e. The van der Waals surface area contributed by atoms with Crippen LogP contribution in [0.1, 0.15) is 18.4 Å². The molecule has 2 N–H and O–H groups in total. The molecule has 1 unspecified atom stereocenters. The molecule has 0 radical (unpaired) electrons. The summed E-state index contributed by atoms with van der Waals surface area (Å²) in [5.41, 5.74) is 6.50. The average Bonchev–Trinajstić information content (AvgIpc) is 2.85. The van der Waals surface area contributed by atoms with Crippen molar-refractivity contribution in [1.82, 2.24) is 9.88 Å². The molecule has 1 atom stereocenters. The molecule has 1 aromatic heterocycles. The lowest BCUT2D eigenvalue weighted by atomic mass is 10.1. The highest BCUT2D eigenvalue weighted by atomic mass is 19.1. The molecule has 18 heavy (non-hydrogen) atoms. The third-order valence-corrected chi connectivity index (χ3v) is 4.02. The summed E-state index contributed by atoms with van der Waals surface area (Å²) in [6.45, 7) is 4.59. The molecular weight excluding hydrogens is 231 g/mol. The van der Waals surface area contributed by atoms with Crippen molar-refractivity contribution in [2.24, 2.45) is 5.73 Å². The summed E-state index contributed by atoms with van der Waals surface area (Å²) in [6.07, 6.45) is 3.84. The van der Waals surface area contributed by atoms with Gasteiger partial charge in [0.2, 0.25) is 0 Å². The fourth-order valence-corrected chi connectivity index (χ4v) is 3.09. The van der Waals surface area contributed by atoms with Gasteiger partial charge in [0, 0.05) is 37.8 Å². The number of anilines is 1. The summed E-state index contributed by atoms with van der Waals surface area (Å²) in [4.78, 5) is 9.04. The van der Waals surface area contributed by atoms with E-state index in [2.05, 4.69) is 14.8 Å². The highest BCUT2D eigenvalue weighted by Gasteiger charge is 2.31. The minimum Gasteiger partial charge on any atom is -0.353 e. The predicted octanol–water partition coefficient (Wildman–Crippen LogP) is 0.964. The number of hydrogen-bond acceptors (Lipinski definition) is 4. The zero-order chi connectivity index (χ0) is 12.5. The molecule has 2 saturated heterocycles. The Labute approximate surface area is 107 Å². The van der Waals surface area contributed by atoms with Crippen molar-refractivity contribution in [2.45, 2.75) is 25.4 Å². The van der Waals surface area contributed by atoms with Crippen molar-refractivity contribution in [2.75, 3.05) is 31.1 Å². The Morgan fingerprint density at radius 3 is 3.11 bits per heavy atom. The second kappa shape index (κ2) is 4.82. The van der Waals surface area contributed by atoms with Crippen LogP contribution in [0.4, 0.5) is 10.2 Å². The maximum absolute atomic E-state index is 13.2. The lowest BCUT2D eigenvalue weighted by Gasteiger charge is -2.38. The number of nitrogens with zero attached hydrogens (tertiary/aromatic N) is 3. The number of fused-ring (bicyclic) bond motifs is 1. The van der Waals surface area contributed by atoms with Crippen LogP contribution < -0.4 is 10.6 Å². The van der Waals surface area contributed by atoms with Gasteiger partial charge >= 0.3 is 0 Å². The lowest BCUT2D eigenvalue weighted by Crippen LogP contribution is -2.50. The monoisotopic (exact) mass is 250 g/mol. The molecule has 2 aliphatic heterocycles. The van der Waals surface area contributed by atoms with E-state index in [1.165, 1.54) is 31.6 Å². The van der Waals surface area contributed by atoms with Crippen LogP contribution in [-0.4, -0.2) is 42.1 Å². The van der Waals surface area contributed by atoms with Gasteiger partial charge in [0.25, 0.3) is 0 Å². The normalized spacial score (nSPS) is 24.3. The van der Waals surface area contributed by atoms with Gasteiger partial charge in [-0.05, 0) is 25.5 Å². The minimum absolute atomic E-state index is 0.307. The van der Waals surface area contributed by atoms with Crippen LogP contribution >= 0.6 is 0 Å². The topological polar surface area (TPSA) is 45.4 Å². The van der Waals surface area contributed by atoms with Crippen molar-refractivity contribution in [3.05, 3.63) is 23.6 Å². The summed E-state index contributed by atoms with van der Waals surface area (Å²) >= 11 is 0. The number of rotatable bonds is 2. The molecule has 0 aliphatic carbocycles. The fourth-order valence-electron chi connectivity index (χ4n) is 3.09. The molecule has 0 amide bonds. The van der Waals surface area contributed by atoms with Gasteiger partial charge in [0.1, 0.15) is 11.6 Å². The molecule has 0 spiro atoms. The molecule has 2 aliphatic rings. The molecule has 0 aromatic carbocycles. The summed E-state index contributed by atoms with van der Waals surface area (Å²) in [5, 5.41) is 0. The van der Waals surface area contributed by atoms with Crippen LogP contribution in [-0.2, 0) is 6.54 Å². The zero-order valence-electron chi connectivity index (χ0n) is 10.5. The SMILES string of the molecule is NCc1cc(F)cnc1N1CCN2CCCC2C1. The Morgan fingerprint density at radius 2 is 2.28 bits per heavy atom. The number of nitrogens with two attached hydrogens (primary N) is 1. The molecule has 4 nitrogen and oxygen atoms in total.